The average molecular weight is 416 g/mol. The monoisotopic (exact) mass is 415 g/mol. The van der Waals surface area contributed by atoms with Crippen LogP contribution in [-0.2, 0) is 6.54 Å². The summed E-state index contributed by atoms with van der Waals surface area (Å²) >= 11 is 8.08. The third-order valence-electron chi connectivity index (χ3n) is 4.55. The fraction of sp³-hybridized carbons (Fsp3) is 0.0909. The highest BCUT2D eigenvalue weighted by Gasteiger charge is 2.25. The van der Waals surface area contributed by atoms with Gasteiger partial charge in [0.2, 0.25) is 0 Å². The van der Waals surface area contributed by atoms with E-state index in [-0.39, 0.29) is 0 Å². The molecule has 0 aliphatic carbocycles. The molecule has 3 aromatic heterocycles. The van der Waals surface area contributed by atoms with Crippen LogP contribution in [0.25, 0.3) is 5.00 Å². The first-order valence-corrected chi connectivity index (χ1v) is 10.2. The molecule has 0 fully saturated rings. The highest BCUT2D eigenvalue weighted by atomic mass is 35.5. The molecule has 1 aliphatic rings. The van der Waals surface area contributed by atoms with E-state index in [2.05, 4.69) is 37.7 Å². The van der Waals surface area contributed by atoms with Crippen LogP contribution in [0.4, 0.5) is 0 Å². The second-order valence-electron chi connectivity index (χ2n) is 6.44. The zero-order valence-corrected chi connectivity index (χ0v) is 17.0. The minimum atomic E-state index is 0.442. The normalized spacial score (nSPS) is 12.3. The van der Waals surface area contributed by atoms with Crippen molar-refractivity contribution >= 4 is 28.6 Å². The van der Waals surface area contributed by atoms with Gasteiger partial charge in [-0.15, -0.1) is 21.5 Å². The zero-order chi connectivity index (χ0) is 19.8. The Morgan fingerprint density at radius 1 is 1.03 bits per heavy atom. The first-order valence-electron chi connectivity index (χ1n) is 8.98. The summed E-state index contributed by atoms with van der Waals surface area (Å²) in [6.45, 7) is 2.39. The second-order valence-corrected chi connectivity index (χ2v) is 7.88. The standard InChI is InChI=1S/C22H14ClN5S/c1-14-26-27-20-13-25-21(17-7-2-3-8-19(17)23)18-12-16(29-22(18)28(14)20)10-9-15-6-4-5-11-24-15/h2-8,11-12H,13H2,1H3. The minimum Gasteiger partial charge on any atom is -0.276 e. The third-order valence-corrected chi connectivity index (χ3v) is 5.91. The molecule has 29 heavy (non-hydrogen) atoms. The van der Waals surface area contributed by atoms with Crippen LogP contribution in [0.5, 0.6) is 0 Å². The Labute approximate surface area is 176 Å². The van der Waals surface area contributed by atoms with Crippen molar-refractivity contribution in [3.8, 4) is 16.8 Å². The van der Waals surface area contributed by atoms with Crippen molar-refractivity contribution in [1.29, 1.82) is 0 Å². The number of benzene rings is 1. The number of hydrogen-bond acceptors (Lipinski definition) is 5. The summed E-state index contributed by atoms with van der Waals surface area (Å²) in [7, 11) is 0. The van der Waals surface area contributed by atoms with Crippen LogP contribution in [0.1, 0.15) is 33.3 Å². The van der Waals surface area contributed by atoms with Gasteiger partial charge in [-0.2, -0.15) is 0 Å². The molecule has 0 spiro atoms. The molecule has 0 radical (unpaired) electrons. The van der Waals surface area contributed by atoms with Gasteiger partial charge in [0.15, 0.2) is 5.82 Å². The van der Waals surface area contributed by atoms with E-state index in [1.54, 1.807) is 17.5 Å². The van der Waals surface area contributed by atoms with Crippen LogP contribution in [-0.4, -0.2) is 25.5 Å². The molecule has 0 atom stereocenters. The molecule has 1 aromatic carbocycles. The van der Waals surface area contributed by atoms with Crippen LogP contribution >= 0.6 is 22.9 Å². The Morgan fingerprint density at radius 3 is 2.72 bits per heavy atom. The van der Waals surface area contributed by atoms with Crippen molar-refractivity contribution < 1.29 is 0 Å². The molecule has 5 rings (SSSR count). The lowest BCUT2D eigenvalue weighted by atomic mass is 10.0. The Kier molecular flexibility index (Phi) is 4.47. The lowest BCUT2D eigenvalue weighted by Gasteiger charge is -2.08. The smallest absolute Gasteiger partial charge is 0.160 e. The molecule has 0 unspecified atom stereocenters. The van der Waals surface area contributed by atoms with E-state index in [1.165, 1.54) is 0 Å². The maximum atomic E-state index is 6.49. The summed E-state index contributed by atoms with van der Waals surface area (Å²) in [5.41, 5.74) is 3.46. The van der Waals surface area contributed by atoms with Crippen molar-refractivity contribution in [2.45, 2.75) is 13.5 Å². The summed E-state index contributed by atoms with van der Waals surface area (Å²) in [5.74, 6) is 7.98. The van der Waals surface area contributed by atoms with Crippen molar-refractivity contribution in [1.82, 2.24) is 19.7 Å². The quantitative estimate of drug-likeness (QED) is 0.432. The number of aliphatic imine (C=N–C) groups is 1. The van der Waals surface area contributed by atoms with E-state index in [9.17, 15) is 0 Å². The van der Waals surface area contributed by atoms with Crippen molar-refractivity contribution in [2.75, 3.05) is 0 Å². The number of aromatic nitrogens is 4. The predicted octanol–water partition coefficient (Wildman–Crippen LogP) is 4.44. The van der Waals surface area contributed by atoms with Gasteiger partial charge in [0.25, 0.3) is 0 Å². The van der Waals surface area contributed by atoms with E-state index in [1.807, 2.05) is 49.4 Å². The largest absolute Gasteiger partial charge is 0.276 e. The molecule has 0 saturated heterocycles. The Morgan fingerprint density at radius 2 is 1.90 bits per heavy atom. The summed E-state index contributed by atoms with van der Waals surface area (Å²) in [6.07, 6.45) is 1.74. The zero-order valence-electron chi connectivity index (χ0n) is 15.4. The van der Waals surface area contributed by atoms with E-state index < -0.39 is 0 Å². The summed E-state index contributed by atoms with van der Waals surface area (Å²) in [4.78, 5) is 10.0. The average Bonchev–Trinajstić information content (AvgIpc) is 3.28. The topological polar surface area (TPSA) is 56.0 Å². The maximum Gasteiger partial charge on any atom is 0.160 e. The number of rotatable bonds is 1. The molecule has 7 heteroatoms. The number of pyridine rings is 1. The number of fused-ring (bicyclic) bond motifs is 3. The molecule has 140 valence electrons. The van der Waals surface area contributed by atoms with Gasteiger partial charge >= 0.3 is 0 Å². The Hall–Kier alpha value is -3.27. The first-order chi connectivity index (χ1) is 14.2. The number of aryl methyl sites for hydroxylation is 1. The van der Waals surface area contributed by atoms with Crippen LogP contribution in [0.15, 0.2) is 59.7 Å². The molecule has 1 aliphatic heterocycles. The molecule has 0 N–H and O–H groups in total. The second kappa shape index (κ2) is 7.28. The van der Waals surface area contributed by atoms with Gasteiger partial charge in [0.05, 0.1) is 10.6 Å². The summed E-state index contributed by atoms with van der Waals surface area (Å²) in [5, 5.41) is 10.2. The molecule has 0 amide bonds. The minimum absolute atomic E-state index is 0.442. The molecule has 5 nitrogen and oxygen atoms in total. The van der Waals surface area contributed by atoms with Crippen LogP contribution in [0.2, 0.25) is 5.02 Å². The van der Waals surface area contributed by atoms with Gasteiger partial charge in [-0.25, -0.2) is 4.98 Å². The lowest BCUT2D eigenvalue weighted by Crippen LogP contribution is -2.05. The van der Waals surface area contributed by atoms with Gasteiger partial charge in [0, 0.05) is 22.3 Å². The highest BCUT2D eigenvalue weighted by molar-refractivity contribution is 7.15. The van der Waals surface area contributed by atoms with Crippen LogP contribution < -0.4 is 0 Å². The first kappa shape index (κ1) is 17.8. The SMILES string of the molecule is Cc1nnc2n1-c1sc(C#Cc3ccccn3)cc1C(c1ccccc1Cl)=NC2. The van der Waals surface area contributed by atoms with Crippen LogP contribution in [0.3, 0.4) is 0 Å². The van der Waals surface area contributed by atoms with Crippen molar-refractivity contribution in [3.63, 3.8) is 0 Å². The molecule has 0 bridgehead atoms. The fourth-order valence-electron chi connectivity index (χ4n) is 3.23. The fourth-order valence-corrected chi connectivity index (χ4v) is 4.54. The van der Waals surface area contributed by atoms with Gasteiger partial charge in [-0.05, 0) is 43.0 Å². The van der Waals surface area contributed by atoms with E-state index in [0.29, 0.717) is 11.6 Å². The van der Waals surface area contributed by atoms with Crippen LogP contribution in [0, 0.1) is 18.8 Å². The van der Waals surface area contributed by atoms with E-state index in [4.69, 9.17) is 16.6 Å². The number of hydrogen-bond donors (Lipinski definition) is 0. The molecular weight excluding hydrogens is 402 g/mol. The Balaban J connectivity index is 1.69. The predicted molar refractivity (Wildman–Crippen MR) is 115 cm³/mol. The van der Waals surface area contributed by atoms with E-state index >= 15 is 0 Å². The molecular formula is C22H14ClN5S. The lowest BCUT2D eigenvalue weighted by molar-refractivity contribution is 0.869. The third kappa shape index (κ3) is 3.25. The van der Waals surface area contributed by atoms with Gasteiger partial charge in [-0.3, -0.25) is 9.56 Å². The van der Waals surface area contributed by atoms with Gasteiger partial charge < -0.3 is 0 Å². The number of nitrogens with zero attached hydrogens (tertiary/aromatic N) is 5. The summed E-state index contributed by atoms with van der Waals surface area (Å²) < 4.78 is 2.05. The maximum absolute atomic E-state index is 6.49. The van der Waals surface area contributed by atoms with E-state index in [0.717, 1.165) is 44.1 Å². The number of halogens is 1. The highest BCUT2D eigenvalue weighted by Crippen LogP contribution is 2.34. The van der Waals surface area contributed by atoms with Gasteiger partial charge in [-0.1, -0.05) is 35.9 Å². The summed E-state index contributed by atoms with van der Waals surface area (Å²) in [6, 6.07) is 15.5. The molecule has 4 aromatic rings. The molecule has 4 heterocycles. The van der Waals surface area contributed by atoms with Crippen molar-refractivity contribution in [2.24, 2.45) is 4.99 Å². The Bertz CT molecular complexity index is 1310. The number of thiophene rings is 1. The van der Waals surface area contributed by atoms with Gasteiger partial charge in [0.1, 0.15) is 23.1 Å². The van der Waals surface area contributed by atoms with Crippen molar-refractivity contribution in [3.05, 3.63) is 93.1 Å². The molecule has 0 saturated carbocycles.